The average Bonchev–Trinajstić information content (AvgIpc) is 3.35. The van der Waals surface area contributed by atoms with E-state index >= 15 is 0 Å². The summed E-state index contributed by atoms with van der Waals surface area (Å²) >= 11 is 1.34. The first-order chi connectivity index (χ1) is 14.7. The minimum absolute atomic E-state index is 0.201. The number of hydrogen-bond donors (Lipinski definition) is 2. The summed E-state index contributed by atoms with van der Waals surface area (Å²) in [5.41, 5.74) is 3.47. The number of rotatable bonds is 7. The summed E-state index contributed by atoms with van der Waals surface area (Å²) in [4.78, 5) is 26.2. The highest BCUT2D eigenvalue weighted by Crippen LogP contribution is 2.21. The fraction of sp³-hybridized carbons (Fsp3) is 0.0400. The number of benzene rings is 3. The molecule has 4 rings (SSSR count). The van der Waals surface area contributed by atoms with Crippen molar-refractivity contribution in [1.82, 2.24) is 5.32 Å². The van der Waals surface area contributed by atoms with Crippen molar-refractivity contribution in [2.45, 2.75) is 6.17 Å². The van der Waals surface area contributed by atoms with Crippen LogP contribution in [0.1, 0.15) is 20.0 Å². The number of carbonyl (C=O) groups is 2. The van der Waals surface area contributed by atoms with Gasteiger partial charge < -0.3 is 10.6 Å². The van der Waals surface area contributed by atoms with Crippen LogP contribution in [0.4, 0.5) is 5.69 Å². The lowest BCUT2D eigenvalue weighted by Gasteiger charge is -2.20. The molecule has 148 valence electrons. The second kappa shape index (κ2) is 9.20. The van der Waals surface area contributed by atoms with Crippen LogP contribution in [-0.2, 0) is 0 Å². The number of Topliss-reactive ketones (excluding diaryl/α,β-unsaturated/α-hetero) is 1. The van der Waals surface area contributed by atoms with Crippen molar-refractivity contribution in [1.29, 1.82) is 0 Å². The van der Waals surface area contributed by atoms with Gasteiger partial charge in [-0.25, -0.2) is 0 Å². The molecule has 1 heterocycles. The maximum absolute atomic E-state index is 13.1. The summed E-state index contributed by atoms with van der Waals surface area (Å²) in [6.07, 6.45) is -0.885. The van der Waals surface area contributed by atoms with Crippen molar-refractivity contribution >= 4 is 28.7 Å². The van der Waals surface area contributed by atoms with Crippen LogP contribution < -0.4 is 10.6 Å². The van der Waals surface area contributed by atoms with Crippen LogP contribution in [0.5, 0.6) is 0 Å². The van der Waals surface area contributed by atoms with Gasteiger partial charge in [-0.2, -0.15) is 0 Å². The summed E-state index contributed by atoms with van der Waals surface area (Å²) in [7, 11) is 0. The molecule has 0 spiro atoms. The van der Waals surface area contributed by atoms with Crippen molar-refractivity contribution < 1.29 is 9.59 Å². The summed E-state index contributed by atoms with van der Waals surface area (Å²) in [6.45, 7) is 0. The van der Waals surface area contributed by atoms with Crippen molar-refractivity contribution in [3.63, 3.8) is 0 Å². The maximum Gasteiger partial charge on any atom is 0.263 e. The molecule has 1 aromatic heterocycles. The summed E-state index contributed by atoms with van der Waals surface area (Å²) in [6, 6.07) is 30.4. The minimum atomic E-state index is -0.885. The van der Waals surface area contributed by atoms with Gasteiger partial charge in [-0.05, 0) is 34.7 Å². The Morgan fingerprint density at radius 1 is 0.700 bits per heavy atom. The van der Waals surface area contributed by atoms with Crippen LogP contribution in [0.2, 0.25) is 0 Å². The van der Waals surface area contributed by atoms with E-state index in [1.54, 1.807) is 30.3 Å². The van der Waals surface area contributed by atoms with E-state index < -0.39 is 6.17 Å². The number of amides is 1. The smallest absolute Gasteiger partial charge is 0.263 e. The second-order valence-electron chi connectivity index (χ2n) is 6.70. The monoisotopic (exact) mass is 412 g/mol. The predicted octanol–water partition coefficient (Wildman–Crippen LogP) is 5.47. The van der Waals surface area contributed by atoms with E-state index in [0.717, 1.165) is 16.8 Å². The molecule has 5 heteroatoms. The highest BCUT2D eigenvalue weighted by molar-refractivity contribution is 7.12. The van der Waals surface area contributed by atoms with E-state index in [1.807, 2.05) is 72.1 Å². The minimum Gasteiger partial charge on any atom is -0.359 e. The number of ketones is 1. The zero-order valence-corrected chi connectivity index (χ0v) is 16.9. The lowest BCUT2D eigenvalue weighted by molar-refractivity contribution is 0.0872. The van der Waals surface area contributed by atoms with Gasteiger partial charge in [-0.3, -0.25) is 9.59 Å². The molecule has 0 saturated heterocycles. The van der Waals surface area contributed by atoms with E-state index in [9.17, 15) is 9.59 Å². The molecule has 0 saturated carbocycles. The highest BCUT2D eigenvalue weighted by atomic mass is 32.1. The van der Waals surface area contributed by atoms with Crippen molar-refractivity contribution in [3.05, 3.63) is 113 Å². The van der Waals surface area contributed by atoms with Crippen LogP contribution in [0.3, 0.4) is 0 Å². The first-order valence-electron chi connectivity index (χ1n) is 9.56. The zero-order valence-electron chi connectivity index (χ0n) is 16.1. The number of carbonyl (C=O) groups excluding carboxylic acids is 2. The Morgan fingerprint density at radius 3 is 1.97 bits per heavy atom. The number of hydrogen-bond acceptors (Lipinski definition) is 4. The third-order valence-electron chi connectivity index (χ3n) is 4.64. The van der Waals surface area contributed by atoms with Gasteiger partial charge >= 0.3 is 0 Å². The number of anilines is 1. The standard InChI is InChI=1S/C25H20N2O2S/c28-23(20-10-5-2-6-11-20)24(27-25(29)22-12-7-17-30-22)26-21-15-13-19(14-16-21)18-8-3-1-4-9-18/h1-17,24,26H,(H,27,29)/t24-/m0/s1. The Balaban J connectivity index is 1.56. The summed E-state index contributed by atoms with van der Waals surface area (Å²) in [5.74, 6) is -0.486. The maximum atomic E-state index is 13.1. The van der Waals surface area contributed by atoms with Crippen molar-refractivity contribution in [2.24, 2.45) is 0 Å². The van der Waals surface area contributed by atoms with Gasteiger partial charge in [0.25, 0.3) is 5.91 Å². The Morgan fingerprint density at radius 2 is 1.33 bits per heavy atom. The third kappa shape index (κ3) is 4.64. The summed E-state index contributed by atoms with van der Waals surface area (Å²) in [5, 5.41) is 7.83. The zero-order chi connectivity index (χ0) is 20.8. The Labute approximate surface area is 179 Å². The molecule has 0 aliphatic heterocycles. The Hall–Kier alpha value is -3.70. The molecule has 1 amide bonds. The first kappa shape index (κ1) is 19.6. The molecule has 30 heavy (non-hydrogen) atoms. The van der Waals surface area contributed by atoms with E-state index in [-0.39, 0.29) is 11.7 Å². The molecule has 0 radical (unpaired) electrons. The van der Waals surface area contributed by atoms with Crippen LogP contribution in [0.25, 0.3) is 11.1 Å². The van der Waals surface area contributed by atoms with Crippen molar-refractivity contribution in [2.75, 3.05) is 5.32 Å². The normalized spacial score (nSPS) is 11.5. The van der Waals surface area contributed by atoms with E-state index in [4.69, 9.17) is 0 Å². The van der Waals surface area contributed by atoms with Crippen LogP contribution in [-0.4, -0.2) is 17.9 Å². The van der Waals surface area contributed by atoms with E-state index in [1.165, 1.54) is 11.3 Å². The topological polar surface area (TPSA) is 58.2 Å². The highest BCUT2D eigenvalue weighted by Gasteiger charge is 2.23. The van der Waals surface area contributed by atoms with Gasteiger partial charge in [0.05, 0.1) is 4.88 Å². The largest absolute Gasteiger partial charge is 0.359 e. The third-order valence-corrected chi connectivity index (χ3v) is 5.51. The quantitative estimate of drug-likeness (QED) is 0.313. The van der Waals surface area contributed by atoms with Crippen LogP contribution in [0.15, 0.2) is 102 Å². The van der Waals surface area contributed by atoms with Gasteiger partial charge in [-0.1, -0.05) is 78.9 Å². The van der Waals surface area contributed by atoms with Gasteiger partial charge in [0, 0.05) is 11.3 Å². The molecule has 4 nitrogen and oxygen atoms in total. The van der Waals surface area contributed by atoms with Crippen molar-refractivity contribution in [3.8, 4) is 11.1 Å². The van der Waals surface area contributed by atoms with Gasteiger partial charge in [0.2, 0.25) is 5.78 Å². The number of thiophene rings is 1. The van der Waals surface area contributed by atoms with Gasteiger partial charge in [-0.15, -0.1) is 11.3 Å². The van der Waals surface area contributed by atoms with Crippen LogP contribution >= 0.6 is 11.3 Å². The molecule has 0 unspecified atom stereocenters. The molecule has 0 fully saturated rings. The SMILES string of the molecule is O=C(N[C@H](Nc1ccc(-c2ccccc2)cc1)C(=O)c1ccccc1)c1cccs1. The summed E-state index contributed by atoms with van der Waals surface area (Å²) < 4.78 is 0. The first-order valence-corrected chi connectivity index (χ1v) is 10.4. The fourth-order valence-electron chi connectivity index (χ4n) is 3.10. The molecule has 2 N–H and O–H groups in total. The average molecular weight is 413 g/mol. The predicted molar refractivity (Wildman–Crippen MR) is 122 cm³/mol. The Bertz CT molecular complexity index is 1110. The lowest BCUT2D eigenvalue weighted by Crippen LogP contribution is -2.46. The molecule has 3 aromatic carbocycles. The van der Waals surface area contributed by atoms with Gasteiger partial charge in [0.15, 0.2) is 6.17 Å². The molecule has 0 bridgehead atoms. The molecular weight excluding hydrogens is 392 g/mol. The number of nitrogens with one attached hydrogen (secondary N) is 2. The van der Waals surface area contributed by atoms with E-state index in [2.05, 4.69) is 10.6 Å². The Kier molecular flexibility index (Phi) is 6.01. The molecular formula is C25H20N2O2S. The molecule has 1 atom stereocenters. The van der Waals surface area contributed by atoms with Crippen LogP contribution in [0, 0.1) is 0 Å². The molecule has 4 aromatic rings. The second-order valence-corrected chi connectivity index (χ2v) is 7.65. The van der Waals surface area contributed by atoms with Gasteiger partial charge in [0.1, 0.15) is 0 Å². The van der Waals surface area contributed by atoms with E-state index in [0.29, 0.717) is 10.4 Å². The molecule has 0 aliphatic rings. The lowest BCUT2D eigenvalue weighted by atomic mass is 10.1. The molecule has 0 aliphatic carbocycles. The fourth-order valence-corrected chi connectivity index (χ4v) is 3.73.